The van der Waals surface area contributed by atoms with E-state index in [1.54, 1.807) is 46.9 Å². The summed E-state index contributed by atoms with van der Waals surface area (Å²) in [5, 5.41) is 38.1. The Morgan fingerprint density at radius 1 is 0.848 bits per heavy atom. The first-order chi connectivity index (χ1) is 31.2. The molecule has 0 radical (unpaired) electrons. The Balaban J connectivity index is 1.91. The molecule has 0 spiro atoms. The number of aliphatic carboxylic acids is 1. The number of benzene rings is 1. The molecular weight excluding hydrogens is 859 g/mol. The van der Waals surface area contributed by atoms with Crippen LogP contribution in [0.1, 0.15) is 78.0 Å². The molecule has 1 aromatic heterocycles. The van der Waals surface area contributed by atoms with Gasteiger partial charge in [0.2, 0.25) is 41.4 Å². The zero-order valence-corrected chi connectivity index (χ0v) is 38.4. The SMILES string of the molecule is CC[C@H](C)[C@H](NC(=O)[C@H](Cc1ccc(O)cc1)NC(=O)[C@@H](NC(=O)[C@H](CCCN=C(N)N)NC(=O)CNC)C(C)C)C(=O)N[C@@H](Cc1cnc[nH]1)C(=O)N1CCC[C@H]1C(=O)N[C@H](C)C(=O)O. The number of amides is 7. The topological polar surface area (TPSA) is 358 Å². The van der Waals surface area contributed by atoms with Crippen LogP contribution in [0.2, 0.25) is 0 Å². The molecule has 364 valence electrons. The maximum atomic E-state index is 14.4. The summed E-state index contributed by atoms with van der Waals surface area (Å²) in [4.78, 5) is 120. The van der Waals surface area contributed by atoms with Crippen molar-refractivity contribution in [3.8, 4) is 5.75 Å². The number of nitrogens with two attached hydrogens (primary N) is 2. The molecule has 14 N–H and O–H groups in total. The van der Waals surface area contributed by atoms with E-state index in [1.807, 2.05) is 0 Å². The zero-order valence-electron chi connectivity index (χ0n) is 38.4. The summed E-state index contributed by atoms with van der Waals surface area (Å²) in [6.07, 6.45) is 4.25. The number of carbonyl (C=O) groups excluding carboxylic acids is 7. The third-order valence-electron chi connectivity index (χ3n) is 11.1. The Morgan fingerprint density at radius 3 is 2.08 bits per heavy atom. The quantitative estimate of drug-likeness (QED) is 0.0273. The number of carbonyl (C=O) groups is 8. The Labute approximate surface area is 383 Å². The van der Waals surface area contributed by atoms with Crippen LogP contribution in [0.3, 0.4) is 0 Å². The number of hydrogen-bond donors (Lipinski definition) is 12. The number of phenols is 1. The monoisotopic (exact) mass is 926 g/mol. The van der Waals surface area contributed by atoms with Crippen LogP contribution in [0.4, 0.5) is 0 Å². The number of aromatic nitrogens is 2. The highest BCUT2D eigenvalue weighted by atomic mass is 16.4. The summed E-state index contributed by atoms with van der Waals surface area (Å²) in [6.45, 7) is 8.47. The van der Waals surface area contributed by atoms with Crippen LogP contribution in [0.25, 0.3) is 0 Å². The highest BCUT2D eigenvalue weighted by molar-refractivity contribution is 5.98. The molecule has 66 heavy (non-hydrogen) atoms. The molecule has 0 aliphatic carbocycles. The van der Waals surface area contributed by atoms with Crippen molar-refractivity contribution in [2.75, 3.05) is 26.7 Å². The van der Waals surface area contributed by atoms with Crippen LogP contribution in [0, 0.1) is 11.8 Å². The number of carboxylic acids is 1. The number of likely N-dealkylation sites (tertiary alicyclic amines) is 1. The fourth-order valence-electron chi connectivity index (χ4n) is 7.21. The van der Waals surface area contributed by atoms with Gasteiger partial charge >= 0.3 is 5.97 Å². The summed E-state index contributed by atoms with van der Waals surface area (Å²) in [6, 6.07) is -2.40. The highest BCUT2D eigenvalue weighted by Gasteiger charge is 2.40. The van der Waals surface area contributed by atoms with Crippen LogP contribution in [-0.4, -0.2) is 147 Å². The van der Waals surface area contributed by atoms with Gasteiger partial charge in [0.1, 0.15) is 48.0 Å². The molecule has 0 bridgehead atoms. The minimum absolute atomic E-state index is 0.0375. The molecule has 3 rings (SSSR count). The van der Waals surface area contributed by atoms with Gasteiger partial charge in [0.15, 0.2) is 5.96 Å². The molecule has 1 aliphatic heterocycles. The molecular formula is C43H67N13O10. The van der Waals surface area contributed by atoms with Crippen molar-refractivity contribution in [1.82, 2.24) is 52.1 Å². The molecule has 1 aliphatic rings. The summed E-state index contributed by atoms with van der Waals surface area (Å²) < 4.78 is 0. The van der Waals surface area contributed by atoms with Crippen LogP contribution in [-0.2, 0) is 51.2 Å². The number of hydrogen-bond acceptors (Lipinski definition) is 12. The highest BCUT2D eigenvalue weighted by Crippen LogP contribution is 2.21. The number of aliphatic imine (C=N–C) groups is 1. The molecule has 1 saturated heterocycles. The van der Waals surface area contributed by atoms with Crippen LogP contribution < -0.4 is 48.7 Å². The van der Waals surface area contributed by atoms with Crippen LogP contribution >= 0.6 is 0 Å². The fourth-order valence-corrected chi connectivity index (χ4v) is 7.21. The van der Waals surface area contributed by atoms with Crippen molar-refractivity contribution in [2.24, 2.45) is 28.3 Å². The van der Waals surface area contributed by atoms with Crippen molar-refractivity contribution >= 4 is 53.3 Å². The zero-order chi connectivity index (χ0) is 49.1. The van der Waals surface area contributed by atoms with Crippen molar-refractivity contribution in [2.45, 2.75) is 122 Å². The van der Waals surface area contributed by atoms with Crippen molar-refractivity contribution in [3.63, 3.8) is 0 Å². The minimum Gasteiger partial charge on any atom is -0.508 e. The summed E-state index contributed by atoms with van der Waals surface area (Å²) in [7, 11) is 1.57. The van der Waals surface area contributed by atoms with E-state index in [1.165, 1.54) is 36.5 Å². The molecule has 8 atom stereocenters. The fraction of sp³-hybridized carbons (Fsp3) is 0.581. The lowest BCUT2D eigenvalue weighted by Crippen LogP contribution is -2.62. The summed E-state index contributed by atoms with van der Waals surface area (Å²) >= 11 is 0. The molecule has 0 unspecified atom stereocenters. The van der Waals surface area contributed by atoms with Crippen molar-refractivity contribution < 1.29 is 48.6 Å². The number of carboxylic acid groups (broad SMARTS) is 1. The molecule has 2 aromatic rings. The van der Waals surface area contributed by atoms with E-state index in [0.29, 0.717) is 30.5 Å². The number of nitrogens with one attached hydrogen (secondary N) is 8. The first-order valence-electron chi connectivity index (χ1n) is 22.1. The average Bonchev–Trinajstić information content (AvgIpc) is 3.98. The van der Waals surface area contributed by atoms with Gasteiger partial charge in [-0.1, -0.05) is 46.2 Å². The van der Waals surface area contributed by atoms with Gasteiger partial charge in [-0.3, -0.25) is 43.3 Å². The molecule has 2 heterocycles. The van der Waals surface area contributed by atoms with E-state index < -0.39 is 101 Å². The van der Waals surface area contributed by atoms with Gasteiger partial charge in [-0.2, -0.15) is 0 Å². The third kappa shape index (κ3) is 16.7. The largest absolute Gasteiger partial charge is 0.508 e. The van der Waals surface area contributed by atoms with Gasteiger partial charge in [-0.25, -0.2) is 4.98 Å². The number of aromatic hydroxyl groups is 1. The Bertz CT molecular complexity index is 1990. The molecule has 1 fully saturated rings. The van der Waals surface area contributed by atoms with E-state index in [0.717, 1.165) is 0 Å². The van der Waals surface area contributed by atoms with Crippen LogP contribution in [0.15, 0.2) is 41.8 Å². The molecule has 7 amide bonds. The number of nitrogens with zero attached hydrogens (tertiary/aromatic N) is 3. The summed E-state index contributed by atoms with van der Waals surface area (Å²) in [5.74, 6) is -7.10. The lowest BCUT2D eigenvalue weighted by atomic mass is 9.96. The maximum absolute atomic E-state index is 14.4. The van der Waals surface area contributed by atoms with Gasteiger partial charge in [0.05, 0.1) is 12.9 Å². The van der Waals surface area contributed by atoms with Gasteiger partial charge in [0, 0.05) is 37.8 Å². The number of rotatable bonds is 26. The second kappa shape index (κ2) is 26.2. The van der Waals surface area contributed by atoms with E-state index in [9.17, 15) is 48.6 Å². The lowest BCUT2D eigenvalue weighted by Gasteiger charge is -2.32. The predicted molar refractivity (Wildman–Crippen MR) is 242 cm³/mol. The standard InChI is InChI=1S/C43H67N13O10/c1-7-24(4)35(40(63)53-31(19-27-20-47-22-49-27)41(64)56-17-9-11-32(56)38(61)50-25(5)42(65)66)55-37(60)30(18-26-12-14-28(57)15-13-26)52-39(62)34(23(2)3)54-36(59)29(51-33(58)21-46-6)10-8-16-48-43(44)45/h12-15,20,22-25,29-32,34-35,46,57H,7-11,16-19,21H2,1-6H3,(H,47,49)(H,50,61)(H,51,58)(H,52,62)(H,53,63)(H,54,59)(H,55,60)(H,65,66)(H4,44,45,48)/t24-,25+,29-,30-,31-,32-,34-,35-/m0/s1. The van der Waals surface area contributed by atoms with Crippen LogP contribution in [0.5, 0.6) is 5.75 Å². The van der Waals surface area contributed by atoms with Crippen molar-refractivity contribution in [3.05, 3.63) is 48.0 Å². The minimum atomic E-state index is -1.34. The second-order valence-corrected chi connectivity index (χ2v) is 16.7. The van der Waals surface area contributed by atoms with E-state index in [-0.39, 0.29) is 57.0 Å². The third-order valence-corrected chi connectivity index (χ3v) is 11.1. The van der Waals surface area contributed by atoms with Crippen molar-refractivity contribution in [1.29, 1.82) is 0 Å². The average molecular weight is 926 g/mol. The number of H-pyrrole nitrogens is 1. The Kier molecular flexibility index (Phi) is 21.3. The predicted octanol–water partition coefficient (Wildman–Crippen LogP) is -2.12. The number of phenolic OH excluding ortho intramolecular Hbond substituents is 1. The number of imidazole rings is 1. The molecule has 1 aromatic carbocycles. The first kappa shape index (κ1) is 53.6. The van der Waals surface area contributed by atoms with Gasteiger partial charge in [-0.15, -0.1) is 0 Å². The number of likely N-dealkylation sites (N-methyl/N-ethyl adjacent to an activating group) is 1. The van der Waals surface area contributed by atoms with E-state index >= 15 is 0 Å². The Hall–Kier alpha value is -6.78. The molecule has 0 saturated carbocycles. The molecule has 23 heteroatoms. The normalized spacial score (nSPS) is 16.6. The van der Waals surface area contributed by atoms with E-state index in [4.69, 9.17) is 11.5 Å². The number of guanidine groups is 1. The second-order valence-electron chi connectivity index (χ2n) is 16.7. The van der Waals surface area contributed by atoms with Gasteiger partial charge in [-0.05, 0) is 69.2 Å². The van der Waals surface area contributed by atoms with Gasteiger partial charge in [0.25, 0.3) is 0 Å². The summed E-state index contributed by atoms with van der Waals surface area (Å²) in [5.41, 5.74) is 11.9. The van der Waals surface area contributed by atoms with E-state index in [2.05, 4.69) is 52.2 Å². The smallest absolute Gasteiger partial charge is 0.325 e. The number of aromatic amines is 1. The maximum Gasteiger partial charge on any atom is 0.325 e. The van der Waals surface area contributed by atoms with Gasteiger partial charge < -0.3 is 68.8 Å². The first-order valence-corrected chi connectivity index (χ1v) is 22.1. The lowest BCUT2D eigenvalue weighted by molar-refractivity contribution is -0.144. The Morgan fingerprint density at radius 2 is 1.48 bits per heavy atom. The molecule has 23 nitrogen and oxygen atoms in total.